The molecule has 3 nitrogen and oxygen atoms in total. The van der Waals surface area contributed by atoms with Crippen LogP contribution in [-0.2, 0) is 4.79 Å². The summed E-state index contributed by atoms with van der Waals surface area (Å²) >= 11 is 6.48. The lowest BCUT2D eigenvalue weighted by Crippen LogP contribution is -2.28. The first-order valence-electron chi connectivity index (χ1n) is 8.71. The molecule has 28 heavy (non-hydrogen) atoms. The molecular weight excluding hydrogens is 452 g/mol. The van der Waals surface area contributed by atoms with Crippen LogP contribution in [0.2, 0.25) is 0 Å². The summed E-state index contributed by atoms with van der Waals surface area (Å²) in [4.78, 5) is 21.4. The van der Waals surface area contributed by atoms with Gasteiger partial charge in [0.15, 0.2) is 5.17 Å². The number of hydrogen-bond acceptors (Lipinski definition) is 4. The van der Waals surface area contributed by atoms with Crippen LogP contribution in [0.1, 0.15) is 16.0 Å². The minimum Gasteiger partial charge on any atom is -0.268 e. The third-order valence-corrected chi connectivity index (χ3v) is 6.76. The van der Waals surface area contributed by atoms with Crippen molar-refractivity contribution in [2.45, 2.75) is 13.8 Å². The summed E-state index contributed by atoms with van der Waals surface area (Å²) in [5.74, 6) is -0.0516. The van der Waals surface area contributed by atoms with Crippen LogP contribution in [0.3, 0.4) is 0 Å². The van der Waals surface area contributed by atoms with E-state index >= 15 is 0 Å². The van der Waals surface area contributed by atoms with Gasteiger partial charge in [0.25, 0.3) is 5.91 Å². The first-order chi connectivity index (χ1) is 13.5. The van der Waals surface area contributed by atoms with Gasteiger partial charge in [-0.1, -0.05) is 35.4 Å². The number of carbonyl (C=O) groups excluding carboxylic acids is 1. The number of amidine groups is 1. The van der Waals surface area contributed by atoms with E-state index in [-0.39, 0.29) is 5.91 Å². The molecular formula is C22H17BrN2OS2. The maximum absolute atomic E-state index is 13.2. The van der Waals surface area contributed by atoms with E-state index in [0.29, 0.717) is 10.1 Å². The van der Waals surface area contributed by atoms with Crippen LogP contribution in [0.4, 0.5) is 11.4 Å². The number of carbonyl (C=O) groups is 1. The van der Waals surface area contributed by atoms with E-state index in [2.05, 4.69) is 15.9 Å². The molecule has 0 radical (unpaired) electrons. The van der Waals surface area contributed by atoms with Crippen LogP contribution in [-0.4, -0.2) is 11.1 Å². The van der Waals surface area contributed by atoms with Gasteiger partial charge in [-0.15, -0.1) is 11.3 Å². The fourth-order valence-electron chi connectivity index (χ4n) is 2.74. The number of nitrogens with zero attached hydrogens (tertiary/aromatic N) is 2. The summed E-state index contributed by atoms with van der Waals surface area (Å²) < 4.78 is 1.04. The maximum Gasteiger partial charge on any atom is 0.271 e. The molecule has 0 atom stereocenters. The smallest absolute Gasteiger partial charge is 0.268 e. The summed E-state index contributed by atoms with van der Waals surface area (Å²) in [5.41, 5.74) is 3.99. The predicted octanol–water partition coefficient (Wildman–Crippen LogP) is 6.94. The number of thioether (sulfide) groups is 1. The minimum atomic E-state index is -0.0516. The highest BCUT2D eigenvalue weighted by Crippen LogP contribution is 2.38. The van der Waals surface area contributed by atoms with Gasteiger partial charge in [0, 0.05) is 4.88 Å². The first-order valence-corrected chi connectivity index (χ1v) is 11.1. The monoisotopic (exact) mass is 468 g/mol. The molecule has 0 aliphatic carbocycles. The maximum atomic E-state index is 13.2. The zero-order valence-corrected chi connectivity index (χ0v) is 18.6. The summed E-state index contributed by atoms with van der Waals surface area (Å²) in [6, 6.07) is 19.9. The van der Waals surface area contributed by atoms with E-state index in [1.165, 1.54) is 17.3 Å². The minimum absolute atomic E-state index is 0.0516. The van der Waals surface area contributed by atoms with Crippen LogP contribution < -0.4 is 4.90 Å². The zero-order valence-electron chi connectivity index (χ0n) is 15.3. The van der Waals surface area contributed by atoms with Crippen LogP contribution >= 0.6 is 39.0 Å². The van der Waals surface area contributed by atoms with E-state index in [1.807, 2.05) is 80.6 Å². The largest absolute Gasteiger partial charge is 0.271 e. The van der Waals surface area contributed by atoms with Crippen LogP contribution in [0.15, 0.2) is 74.3 Å². The summed E-state index contributed by atoms with van der Waals surface area (Å²) in [6.07, 6.45) is 1.93. The molecule has 2 aromatic carbocycles. The second-order valence-electron chi connectivity index (χ2n) is 6.46. The molecule has 1 saturated heterocycles. The van der Waals surface area contributed by atoms with Gasteiger partial charge in [-0.05, 0) is 84.0 Å². The number of benzene rings is 2. The quantitative estimate of drug-likeness (QED) is 0.390. The molecule has 4 rings (SSSR count). The molecule has 0 spiro atoms. The number of amides is 1. The number of hydrogen-bond donors (Lipinski definition) is 0. The fourth-order valence-corrected chi connectivity index (χ4v) is 5.17. The number of aryl methyl sites for hydroxylation is 2. The highest BCUT2D eigenvalue weighted by molar-refractivity contribution is 9.11. The first kappa shape index (κ1) is 19.2. The Kier molecular flexibility index (Phi) is 5.53. The van der Waals surface area contributed by atoms with E-state index in [9.17, 15) is 4.79 Å². The normalized spacial score (nSPS) is 17.1. The Labute approximate surface area is 180 Å². The molecule has 0 saturated carbocycles. The van der Waals surface area contributed by atoms with Gasteiger partial charge in [0.05, 0.1) is 20.1 Å². The molecule has 2 heterocycles. The Balaban J connectivity index is 1.76. The topological polar surface area (TPSA) is 32.7 Å². The number of rotatable bonds is 3. The van der Waals surface area contributed by atoms with Crippen molar-refractivity contribution < 1.29 is 4.79 Å². The number of aliphatic imine (C=N–C) groups is 1. The van der Waals surface area contributed by atoms with Crippen LogP contribution in [0, 0.1) is 13.8 Å². The number of anilines is 1. The lowest BCUT2D eigenvalue weighted by Gasteiger charge is -2.16. The van der Waals surface area contributed by atoms with Crippen molar-refractivity contribution in [3.8, 4) is 0 Å². The third-order valence-electron chi connectivity index (χ3n) is 4.22. The molecule has 1 amide bonds. The highest BCUT2D eigenvalue weighted by atomic mass is 79.9. The van der Waals surface area contributed by atoms with Crippen molar-refractivity contribution in [1.82, 2.24) is 0 Å². The SMILES string of the molecule is Cc1ccc(N=C2S/C(=C\c3ccc(Br)s3)C(=O)N2c2ccc(C)cc2)cc1. The van der Waals surface area contributed by atoms with Gasteiger partial charge in [0.1, 0.15) is 0 Å². The molecule has 1 fully saturated rings. The summed E-state index contributed by atoms with van der Waals surface area (Å²) in [5, 5.41) is 0.666. The van der Waals surface area contributed by atoms with Gasteiger partial charge >= 0.3 is 0 Å². The van der Waals surface area contributed by atoms with Crippen molar-refractivity contribution in [3.63, 3.8) is 0 Å². The molecule has 0 unspecified atom stereocenters. The molecule has 0 bridgehead atoms. The Bertz CT molecular complexity index is 1080. The van der Waals surface area contributed by atoms with Crippen molar-refractivity contribution in [2.75, 3.05) is 4.90 Å². The molecule has 140 valence electrons. The van der Waals surface area contributed by atoms with Crippen LogP contribution in [0.5, 0.6) is 0 Å². The Morgan fingerprint density at radius 3 is 2.18 bits per heavy atom. The lowest BCUT2D eigenvalue weighted by atomic mass is 10.2. The Hall–Kier alpha value is -2.15. The molecule has 6 heteroatoms. The molecule has 1 aliphatic rings. The predicted molar refractivity (Wildman–Crippen MR) is 125 cm³/mol. The zero-order chi connectivity index (χ0) is 19.7. The van der Waals surface area contributed by atoms with E-state index in [0.717, 1.165) is 25.6 Å². The highest BCUT2D eigenvalue weighted by Gasteiger charge is 2.34. The Morgan fingerprint density at radius 1 is 0.929 bits per heavy atom. The van der Waals surface area contributed by atoms with E-state index in [1.54, 1.807) is 16.2 Å². The molecule has 1 aromatic heterocycles. The van der Waals surface area contributed by atoms with Gasteiger partial charge in [-0.2, -0.15) is 0 Å². The van der Waals surface area contributed by atoms with Gasteiger partial charge in [-0.25, -0.2) is 4.99 Å². The second kappa shape index (κ2) is 8.07. The van der Waals surface area contributed by atoms with E-state index in [4.69, 9.17) is 4.99 Å². The van der Waals surface area contributed by atoms with Gasteiger partial charge in [-0.3, -0.25) is 9.69 Å². The average Bonchev–Trinajstić information content (AvgIpc) is 3.21. The lowest BCUT2D eigenvalue weighted by molar-refractivity contribution is -0.113. The van der Waals surface area contributed by atoms with Gasteiger partial charge < -0.3 is 0 Å². The number of halogens is 1. The number of thiophene rings is 1. The fraction of sp³-hybridized carbons (Fsp3) is 0.0909. The molecule has 1 aliphatic heterocycles. The van der Waals surface area contributed by atoms with Crippen molar-refractivity contribution in [2.24, 2.45) is 4.99 Å². The average molecular weight is 469 g/mol. The van der Waals surface area contributed by atoms with E-state index < -0.39 is 0 Å². The molecule has 0 N–H and O–H groups in total. The van der Waals surface area contributed by atoms with Crippen LogP contribution in [0.25, 0.3) is 6.08 Å². The second-order valence-corrected chi connectivity index (χ2v) is 9.96. The van der Waals surface area contributed by atoms with Gasteiger partial charge in [0.2, 0.25) is 0 Å². The van der Waals surface area contributed by atoms with Crippen molar-refractivity contribution >= 4 is 67.6 Å². The Morgan fingerprint density at radius 2 is 1.57 bits per heavy atom. The third kappa shape index (κ3) is 4.14. The summed E-state index contributed by atoms with van der Waals surface area (Å²) in [7, 11) is 0. The standard InChI is InChI=1S/C22H17BrN2OS2/c1-14-3-7-16(8-4-14)24-22-25(17-9-5-15(2)6-10-17)21(26)19(28-22)13-18-11-12-20(23)27-18/h3-13H,1-2H3/b19-13-,24-22?. The summed E-state index contributed by atoms with van der Waals surface area (Å²) in [6.45, 7) is 4.08. The van der Waals surface area contributed by atoms with Crippen molar-refractivity contribution in [1.29, 1.82) is 0 Å². The molecule has 3 aromatic rings. The van der Waals surface area contributed by atoms with Crippen molar-refractivity contribution in [3.05, 3.63) is 85.4 Å².